The van der Waals surface area contributed by atoms with E-state index in [1.54, 1.807) is 18.3 Å². The van der Waals surface area contributed by atoms with Crippen LogP contribution in [-0.2, 0) is 0 Å². The van der Waals surface area contributed by atoms with E-state index in [0.717, 1.165) is 5.56 Å². The molecule has 2 rings (SSSR count). The number of aromatic amines is 1. The van der Waals surface area contributed by atoms with Crippen LogP contribution in [0.25, 0.3) is 0 Å². The van der Waals surface area contributed by atoms with E-state index in [0.29, 0.717) is 36.1 Å². The Hall–Kier alpha value is -2.76. The molecule has 0 aliphatic carbocycles. The number of carbonyl (C=O) groups is 1. The first kappa shape index (κ1) is 16.6. The van der Waals surface area contributed by atoms with Crippen LogP contribution in [0.3, 0.4) is 0 Å². The maximum Gasteiger partial charge on any atom is 0.287 e. The SMILES string of the molecule is CCOc1ccc(/C(C)=N\NC(=O)c2ccc[nH]2)cc1OCC. The lowest BCUT2D eigenvalue weighted by Gasteiger charge is -2.12. The zero-order valence-electron chi connectivity index (χ0n) is 13.6. The van der Waals surface area contributed by atoms with Crippen LogP contribution >= 0.6 is 0 Å². The summed E-state index contributed by atoms with van der Waals surface area (Å²) in [6, 6.07) is 9.02. The predicted molar refractivity (Wildman–Crippen MR) is 89.2 cm³/mol. The predicted octanol–water partition coefficient (Wildman–Crippen LogP) is 2.97. The quantitative estimate of drug-likeness (QED) is 0.609. The van der Waals surface area contributed by atoms with Crippen molar-refractivity contribution in [3.8, 4) is 11.5 Å². The highest BCUT2D eigenvalue weighted by atomic mass is 16.5. The van der Waals surface area contributed by atoms with Crippen molar-refractivity contribution >= 4 is 11.6 Å². The molecule has 0 fully saturated rings. The molecule has 0 aliphatic rings. The summed E-state index contributed by atoms with van der Waals surface area (Å²) in [5.74, 6) is 1.07. The van der Waals surface area contributed by atoms with Crippen LogP contribution in [0.2, 0.25) is 0 Å². The minimum Gasteiger partial charge on any atom is -0.490 e. The smallest absolute Gasteiger partial charge is 0.287 e. The Labute approximate surface area is 135 Å². The first-order valence-electron chi connectivity index (χ1n) is 7.53. The maximum atomic E-state index is 11.9. The van der Waals surface area contributed by atoms with Crippen LogP contribution in [0.1, 0.15) is 36.8 Å². The number of benzene rings is 1. The molecule has 0 bridgehead atoms. The third kappa shape index (κ3) is 4.35. The largest absolute Gasteiger partial charge is 0.490 e. The second-order valence-electron chi connectivity index (χ2n) is 4.75. The van der Waals surface area contributed by atoms with Gasteiger partial charge in [0.2, 0.25) is 0 Å². The van der Waals surface area contributed by atoms with Crippen LogP contribution in [0.5, 0.6) is 11.5 Å². The van der Waals surface area contributed by atoms with E-state index in [2.05, 4.69) is 15.5 Å². The van der Waals surface area contributed by atoms with Crippen LogP contribution in [0.4, 0.5) is 0 Å². The highest BCUT2D eigenvalue weighted by molar-refractivity contribution is 6.00. The number of nitrogens with zero attached hydrogens (tertiary/aromatic N) is 1. The van der Waals surface area contributed by atoms with E-state index < -0.39 is 0 Å². The molecular weight excluding hydrogens is 294 g/mol. The summed E-state index contributed by atoms with van der Waals surface area (Å²) < 4.78 is 11.1. The number of aromatic nitrogens is 1. The Balaban J connectivity index is 2.14. The minimum absolute atomic E-state index is 0.287. The van der Waals surface area contributed by atoms with Gasteiger partial charge in [0.25, 0.3) is 5.91 Å². The van der Waals surface area contributed by atoms with Gasteiger partial charge in [-0.05, 0) is 51.1 Å². The highest BCUT2D eigenvalue weighted by Crippen LogP contribution is 2.28. The number of H-pyrrole nitrogens is 1. The molecule has 0 radical (unpaired) electrons. The van der Waals surface area contributed by atoms with Crippen molar-refractivity contribution in [1.82, 2.24) is 10.4 Å². The van der Waals surface area contributed by atoms with E-state index >= 15 is 0 Å². The van der Waals surface area contributed by atoms with Crippen LogP contribution in [0.15, 0.2) is 41.6 Å². The van der Waals surface area contributed by atoms with Gasteiger partial charge in [0.05, 0.1) is 18.9 Å². The van der Waals surface area contributed by atoms with Gasteiger partial charge in [0.15, 0.2) is 11.5 Å². The molecule has 2 aromatic rings. The van der Waals surface area contributed by atoms with Crippen molar-refractivity contribution in [1.29, 1.82) is 0 Å². The van der Waals surface area contributed by atoms with Crippen LogP contribution < -0.4 is 14.9 Å². The van der Waals surface area contributed by atoms with E-state index in [1.165, 1.54) is 0 Å². The summed E-state index contributed by atoms with van der Waals surface area (Å²) in [5.41, 5.74) is 4.51. The standard InChI is InChI=1S/C17H21N3O3/c1-4-22-15-9-8-13(11-16(15)23-5-2)12(3)19-20-17(21)14-7-6-10-18-14/h6-11,18H,4-5H2,1-3H3,(H,20,21)/b19-12-. The van der Waals surface area contributed by atoms with Gasteiger partial charge in [0.1, 0.15) is 5.69 Å². The van der Waals surface area contributed by atoms with E-state index in [9.17, 15) is 4.79 Å². The molecule has 0 aliphatic heterocycles. The summed E-state index contributed by atoms with van der Waals surface area (Å²) in [5, 5.41) is 4.13. The maximum absolute atomic E-state index is 11.9. The molecule has 122 valence electrons. The first-order valence-corrected chi connectivity index (χ1v) is 7.53. The molecule has 1 amide bonds. The fraction of sp³-hybridized carbons (Fsp3) is 0.294. The van der Waals surface area contributed by atoms with Crippen molar-refractivity contribution in [3.05, 3.63) is 47.8 Å². The second-order valence-corrected chi connectivity index (χ2v) is 4.75. The molecule has 0 spiro atoms. The van der Waals surface area contributed by atoms with Crippen molar-refractivity contribution in [2.45, 2.75) is 20.8 Å². The van der Waals surface area contributed by atoms with Gasteiger partial charge in [-0.1, -0.05) is 0 Å². The number of nitrogens with one attached hydrogen (secondary N) is 2. The van der Waals surface area contributed by atoms with Gasteiger partial charge < -0.3 is 14.5 Å². The van der Waals surface area contributed by atoms with Crippen molar-refractivity contribution in [3.63, 3.8) is 0 Å². The zero-order chi connectivity index (χ0) is 16.7. The molecule has 6 heteroatoms. The molecule has 1 aromatic carbocycles. The fourth-order valence-corrected chi connectivity index (χ4v) is 2.01. The van der Waals surface area contributed by atoms with Gasteiger partial charge in [-0.15, -0.1) is 0 Å². The van der Waals surface area contributed by atoms with Crippen molar-refractivity contribution in [2.75, 3.05) is 13.2 Å². The molecule has 0 atom stereocenters. The van der Waals surface area contributed by atoms with E-state index in [-0.39, 0.29) is 5.91 Å². The summed E-state index contributed by atoms with van der Waals surface area (Å²) in [7, 11) is 0. The normalized spacial score (nSPS) is 11.2. The molecule has 0 saturated carbocycles. The topological polar surface area (TPSA) is 75.7 Å². The van der Waals surface area contributed by atoms with Crippen LogP contribution in [-0.4, -0.2) is 29.8 Å². The lowest BCUT2D eigenvalue weighted by atomic mass is 10.1. The summed E-state index contributed by atoms with van der Waals surface area (Å²) in [6.07, 6.45) is 1.69. The first-order chi connectivity index (χ1) is 11.2. The Bertz CT molecular complexity index is 678. The van der Waals surface area contributed by atoms with Gasteiger partial charge in [-0.25, -0.2) is 5.43 Å². The second kappa shape index (κ2) is 8.03. The van der Waals surface area contributed by atoms with Gasteiger partial charge >= 0.3 is 0 Å². The Morgan fingerprint density at radius 3 is 2.57 bits per heavy atom. The summed E-state index contributed by atoms with van der Waals surface area (Å²) in [6.45, 7) is 6.77. The monoisotopic (exact) mass is 315 g/mol. The lowest BCUT2D eigenvalue weighted by Crippen LogP contribution is -2.19. The zero-order valence-corrected chi connectivity index (χ0v) is 13.6. The molecule has 0 unspecified atom stereocenters. The Morgan fingerprint density at radius 1 is 1.17 bits per heavy atom. The third-order valence-corrected chi connectivity index (χ3v) is 3.13. The third-order valence-electron chi connectivity index (χ3n) is 3.13. The number of hydrogen-bond donors (Lipinski definition) is 2. The number of ether oxygens (including phenoxy) is 2. The number of hydrogen-bond acceptors (Lipinski definition) is 4. The van der Waals surface area contributed by atoms with Crippen molar-refractivity contribution in [2.24, 2.45) is 5.10 Å². The van der Waals surface area contributed by atoms with Gasteiger partial charge in [-0.3, -0.25) is 4.79 Å². The number of carbonyl (C=O) groups excluding carboxylic acids is 1. The molecule has 1 heterocycles. The minimum atomic E-state index is -0.287. The van der Waals surface area contributed by atoms with Gasteiger partial charge in [-0.2, -0.15) is 5.10 Å². The number of amides is 1. The van der Waals surface area contributed by atoms with Crippen LogP contribution in [0, 0.1) is 0 Å². The number of rotatable bonds is 7. The number of hydrazone groups is 1. The summed E-state index contributed by atoms with van der Waals surface area (Å²) in [4.78, 5) is 14.7. The molecule has 6 nitrogen and oxygen atoms in total. The highest BCUT2D eigenvalue weighted by Gasteiger charge is 2.09. The molecule has 1 aromatic heterocycles. The Kier molecular flexibility index (Phi) is 5.80. The Morgan fingerprint density at radius 2 is 1.91 bits per heavy atom. The van der Waals surface area contributed by atoms with E-state index in [1.807, 2.05) is 39.0 Å². The van der Waals surface area contributed by atoms with Crippen molar-refractivity contribution < 1.29 is 14.3 Å². The summed E-state index contributed by atoms with van der Waals surface area (Å²) >= 11 is 0. The van der Waals surface area contributed by atoms with Gasteiger partial charge in [0, 0.05) is 11.8 Å². The average molecular weight is 315 g/mol. The molecule has 23 heavy (non-hydrogen) atoms. The molecule has 2 N–H and O–H groups in total. The average Bonchev–Trinajstić information content (AvgIpc) is 3.09. The lowest BCUT2D eigenvalue weighted by molar-refractivity contribution is 0.0950. The molecular formula is C17H21N3O3. The fourth-order valence-electron chi connectivity index (χ4n) is 2.01. The molecule has 0 saturated heterocycles. The van der Waals surface area contributed by atoms with E-state index in [4.69, 9.17) is 9.47 Å².